The molecule has 2 N–H and O–H groups in total. The van der Waals surface area contributed by atoms with Crippen molar-refractivity contribution in [1.82, 2.24) is 15.0 Å². The van der Waals surface area contributed by atoms with Crippen LogP contribution in [0.4, 0.5) is 10.2 Å². The van der Waals surface area contributed by atoms with E-state index in [0.717, 1.165) is 18.9 Å². The lowest BCUT2D eigenvalue weighted by Gasteiger charge is -2.19. The summed E-state index contributed by atoms with van der Waals surface area (Å²) < 4.78 is 21.8. The number of rotatable bonds is 10. The zero-order valence-corrected chi connectivity index (χ0v) is 20.3. The molecule has 1 atom stereocenters. The highest BCUT2D eigenvalue weighted by molar-refractivity contribution is 5.97. The van der Waals surface area contributed by atoms with Crippen LogP contribution < -0.4 is 15.8 Å². The van der Waals surface area contributed by atoms with Crippen LogP contribution in [0.2, 0.25) is 0 Å². The molecule has 0 aromatic carbocycles. The molecule has 2 aliphatic rings. The van der Waals surface area contributed by atoms with E-state index in [2.05, 4.69) is 15.5 Å². The molecule has 36 heavy (non-hydrogen) atoms. The summed E-state index contributed by atoms with van der Waals surface area (Å²) in [6, 6.07) is 1.07. The van der Waals surface area contributed by atoms with E-state index >= 15 is 4.39 Å². The Morgan fingerprint density at radius 1 is 1.36 bits per heavy atom. The SMILES string of the molecule is CCOC(=O)CC(C)=NCC1CN(c2nc3c(cc2F)c(=O)c(C(=O)O)cn3C2CC2)C=C1NOC. The summed E-state index contributed by atoms with van der Waals surface area (Å²) >= 11 is 0. The number of hydrogen-bond acceptors (Lipinski definition) is 9. The Kier molecular flexibility index (Phi) is 7.34. The minimum Gasteiger partial charge on any atom is -0.477 e. The largest absolute Gasteiger partial charge is 0.477 e. The van der Waals surface area contributed by atoms with E-state index in [-0.39, 0.29) is 41.2 Å². The maximum Gasteiger partial charge on any atom is 0.341 e. The molecule has 2 aromatic rings. The molecule has 0 amide bonds. The summed E-state index contributed by atoms with van der Waals surface area (Å²) in [6.07, 6.45) is 4.68. The van der Waals surface area contributed by atoms with Gasteiger partial charge in [0.2, 0.25) is 5.43 Å². The monoisotopic (exact) mass is 501 g/mol. The Labute approximate surface area is 206 Å². The van der Waals surface area contributed by atoms with E-state index in [1.165, 1.54) is 13.3 Å². The highest BCUT2D eigenvalue weighted by Gasteiger charge is 2.31. The molecule has 0 radical (unpaired) electrons. The van der Waals surface area contributed by atoms with Crippen LogP contribution in [0.5, 0.6) is 0 Å². The lowest BCUT2D eigenvalue weighted by atomic mass is 10.1. The molecular weight excluding hydrogens is 473 g/mol. The number of carbonyl (C=O) groups is 2. The first kappa shape index (κ1) is 25.3. The van der Waals surface area contributed by atoms with Crippen LogP contribution in [0.25, 0.3) is 11.0 Å². The third kappa shape index (κ3) is 5.23. The number of anilines is 1. The van der Waals surface area contributed by atoms with Crippen LogP contribution in [-0.2, 0) is 14.4 Å². The second kappa shape index (κ2) is 10.4. The van der Waals surface area contributed by atoms with E-state index in [0.29, 0.717) is 31.1 Å². The Balaban J connectivity index is 1.65. The molecule has 3 heterocycles. The Bertz CT molecular complexity index is 1320. The standard InChI is InChI=1S/C24H28FN5O6/c1-4-36-20(31)7-13(2)26-9-14-10-29(12-19(14)28-35-3)23-18(25)8-16-21(32)17(24(33)34)11-30(15-5-6-15)22(16)27-23/h8,11-12,14-15,28H,4-7,9-10H2,1-3H3,(H,33,34). The van der Waals surface area contributed by atoms with Gasteiger partial charge in [0.1, 0.15) is 11.2 Å². The number of pyridine rings is 2. The molecule has 11 nitrogen and oxygen atoms in total. The molecular formula is C24H28FN5O6. The van der Waals surface area contributed by atoms with Crippen molar-refractivity contribution in [3.8, 4) is 0 Å². The Morgan fingerprint density at radius 2 is 2.11 bits per heavy atom. The molecule has 2 aromatic heterocycles. The van der Waals surface area contributed by atoms with Gasteiger partial charge in [0.25, 0.3) is 0 Å². The van der Waals surface area contributed by atoms with Crippen LogP contribution in [-0.4, -0.2) is 59.1 Å². The predicted molar refractivity (Wildman–Crippen MR) is 129 cm³/mol. The van der Waals surface area contributed by atoms with Gasteiger partial charge in [0, 0.05) is 43.2 Å². The Hall–Kier alpha value is -3.80. The first-order valence-electron chi connectivity index (χ1n) is 11.6. The third-order valence-electron chi connectivity index (χ3n) is 6.04. The molecule has 0 bridgehead atoms. The summed E-state index contributed by atoms with van der Waals surface area (Å²) in [5.41, 5.74) is 3.11. The molecule has 1 saturated carbocycles. The molecule has 4 rings (SSSR count). The minimum absolute atomic E-state index is 0.00417. The highest BCUT2D eigenvalue weighted by Crippen LogP contribution is 2.37. The van der Waals surface area contributed by atoms with Crippen molar-refractivity contribution >= 4 is 34.5 Å². The number of aromatic carboxylic acids is 1. The number of carboxylic acids is 1. The fraction of sp³-hybridized carbons (Fsp3) is 0.458. The number of nitrogens with zero attached hydrogens (tertiary/aromatic N) is 4. The lowest BCUT2D eigenvalue weighted by Crippen LogP contribution is -2.25. The smallest absolute Gasteiger partial charge is 0.341 e. The predicted octanol–water partition coefficient (Wildman–Crippen LogP) is 2.41. The van der Waals surface area contributed by atoms with E-state index in [9.17, 15) is 19.5 Å². The van der Waals surface area contributed by atoms with Crippen molar-refractivity contribution in [3.05, 3.63) is 45.8 Å². The zero-order valence-electron chi connectivity index (χ0n) is 20.3. The van der Waals surface area contributed by atoms with E-state index in [1.807, 2.05) is 0 Å². The maximum atomic E-state index is 15.2. The van der Waals surface area contributed by atoms with Gasteiger partial charge >= 0.3 is 11.9 Å². The number of fused-ring (bicyclic) bond motifs is 1. The summed E-state index contributed by atoms with van der Waals surface area (Å²) in [7, 11) is 1.46. The summed E-state index contributed by atoms with van der Waals surface area (Å²) in [5, 5.41) is 9.35. The van der Waals surface area contributed by atoms with Crippen LogP contribution in [0.1, 0.15) is 49.5 Å². The van der Waals surface area contributed by atoms with Gasteiger partial charge < -0.3 is 19.3 Å². The van der Waals surface area contributed by atoms with Gasteiger partial charge in [0.15, 0.2) is 11.6 Å². The van der Waals surface area contributed by atoms with Crippen LogP contribution in [0, 0.1) is 11.7 Å². The lowest BCUT2D eigenvalue weighted by molar-refractivity contribution is -0.141. The quantitative estimate of drug-likeness (QED) is 0.286. The number of hydroxylamine groups is 1. The van der Waals surface area contributed by atoms with Gasteiger partial charge in [0.05, 0.1) is 31.2 Å². The number of carbonyl (C=O) groups excluding carboxylic acids is 1. The average Bonchev–Trinajstić information content (AvgIpc) is 3.59. The molecule has 1 unspecified atom stereocenters. The van der Waals surface area contributed by atoms with Gasteiger partial charge in [-0.25, -0.2) is 14.2 Å². The molecule has 12 heteroatoms. The van der Waals surface area contributed by atoms with Crippen molar-refractivity contribution in [1.29, 1.82) is 0 Å². The molecule has 192 valence electrons. The number of halogens is 1. The van der Waals surface area contributed by atoms with Crippen molar-refractivity contribution in [2.24, 2.45) is 10.9 Å². The van der Waals surface area contributed by atoms with Crippen molar-refractivity contribution < 1.29 is 28.7 Å². The number of ether oxygens (including phenoxy) is 1. The van der Waals surface area contributed by atoms with Crippen molar-refractivity contribution in [2.45, 2.75) is 39.2 Å². The summed E-state index contributed by atoms with van der Waals surface area (Å²) in [5.74, 6) is -2.67. The van der Waals surface area contributed by atoms with Crippen molar-refractivity contribution in [3.63, 3.8) is 0 Å². The molecule has 1 fully saturated rings. The van der Waals surface area contributed by atoms with Gasteiger partial charge in [-0.15, -0.1) is 0 Å². The number of esters is 1. The van der Waals surface area contributed by atoms with E-state index < -0.39 is 22.8 Å². The minimum atomic E-state index is -1.36. The number of aromatic nitrogens is 2. The molecule has 0 spiro atoms. The molecule has 1 aliphatic carbocycles. The number of carboxylic acid groups (broad SMARTS) is 1. The number of aliphatic imine (C=N–C) groups is 1. The fourth-order valence-corrected chi connectivity index (χ4v) is 4.16. The fourth-order valence-electron chi connectivity index (χ4n) is 4.16. The first-order valence-corrected chi connectivity index (χ1v) is 11.6. The number of hydrogen-bond donors (Lipinski definition) is 2. The second-order valence-electron chi connectivity index (χ2n) is 8.78. The van der Waals surface area contributed by atoms with Crippen molar-refractivity contribution in [2.75, 3.05) is 31.7 Å². The second-order valence-corrected chi connectivity index (χ2v) is 8.78. The van der Waals surface area contributed by atoms with Gasteiger partial charge in [-0.3, -0.25) is 24.9 Å². The maximum absolute atomic E-state index is 15.2. The summed E-state index contributed by atoms with van der Waals surface area (Å²) in [4.78, 5) is 51.6. The first-order chi connectivity index (χ1) is 17.2. The van der Waals surface area contributed by atoms with Crippen LogP contribution in [0.3, 0.4) is 0 Å². The van der Waals surface area contributed by atoms with Gasteiger partial charge in [-0.2, -0.15) is 0 Å². The third-order valence-corrected chi connectivity index (χ3v) is 6.04. The number of nitrogens with one attached hydrogen (secondary N) is 1. The molecule has 1 aliphatic heterocycles. The zero-order chi connectivity index (χ0) is 26.0. The van der Waals surface area contributed by atoms with Gasteiger partial charge in [-0.1, -0.05) is 0 Å². The average molecular weight is 502 g/mol. The van der Waals surface area contributed by atoms with E-state index in [1.54, 1.807) is 29.5 Å². The van der Waals surface area contributed by atoms with Crippen LogP contribution >= 0.6 is 0 Å². The topological polar surface area (TPSA) is 135 Å². The molecule has 0 saturated heterocycles. The van der Waals surface area contributed by atoms with E-state index in [4.69, 9.17) is 9.57 Å². The van der Waals surface area contributed by atoms with Crippen LogP contribution in [0.15, 0.2) is 33.9 Å². The normalized spacial score (nSPS) is 17.9. The Morgan fingerprint density at radius 3 is 2.75 bits per heavy atom. The van der Waals surface area contributed by atoms with Gasteiger partial charge in [-0.05, 0) is 32.8 Å². The summed E-state index contributed by atoms with van der Waals surface area (Å²) in [6.45, 7) is 4.40. The highest BCUT2D eigenvalue weighted by atomic mass is 19.1.